The van der Waals surface area contributed by atoms with E-state index in [-0.39, 0.29) is 6.17 Å². The molecule has 0 aliphatic carbocycles. The molecule has 1 aliphatic heterocycles. The van der Waals surface area contributed by atoms with Gasteiger partial charge >= 0.3 is 0 Å². The number of furan rings is 1. The Balaban J connectivity index is 1.87. The van der Waals surface area contributed by atoms with E-state index in [0.717, 1.165) is 33.9 Å². The lowest BCUT2D eigenvalue weighted by molar-refractivity contribution is 0.456. The largest absolute Gasteiger partial charge is 0.465 e. The Labute approximate surface area is 127 Å². The lowest BCUT2D eigenvalue weighted by atomic mass is 10.1. The normalized spacial score (nSPS) is 16.1. The highest BCUT2D eigenvalue weighted by Crippen LogP contribution is 2.40. The summed E-state index contributed by atoms with van der Waals surface area (Å²) in [5.41, 5.74) is 4.28. The smallest absolute Gasteiger partial charge is 0.165 e. The zero-order valence-corrected chi connectivity index (χ0v) is 11.7. The number of imidazole rings is 1. The van der Waals surface area contributed by atoms with Gasteiger partial charge in [-0.05, 0) is 36.4 Å². The summed E-state index contributed by atoms with van der Waals surface area (Å²) < 4.78 is 7.86. The molecule has 0 saturated carbocycles. The number of rotatable bonds is 1. The average Bonchev–Trinajstić information content (AvgIpc) is 3.22. The highest BCUT2D eigenvalue weighted by atomic mass is 16.3. The fourth-order valence-electron chi connectivity index (χ4n) is 3.16. The number of fused-ring (bicyclic) bond motifs is 5. The van der Waals surface area contributed by atoms with Gasteiger partial charge in [0.15, 0.2) is 6.17 Å². The molecule has 4 aromatic rings. The summed E-state index contributed by atoms with van der Waals surface area (Å²) in [5, 5.41) is 3.56. The summed E-state index contributed by atoms with van der Waals surface area (Å²) in [6.45, 7) is 0. The van der Waals surface area contributed by atoms with Crippen molar-refractivity contribution in [2.75, 3.05) is 5.32 Å². The minimum absolute atomic E-state index is 0.0905. The lowest BCUT2D eigenvalue weighted by Crippen LogP contribution is -2.24. The van der Waals surface area contributed by atoms with E-state index in [0.29, 0.717) is 0 Å². The maximum absolute atomic E-state index is 5.65. The molecule has 0 bridgehead atoms. The quantitative estimate of drug-likeness (QED) is 0.568. The maximum atomic E-state index is 5.65. The molecule has 4 nitrogen and oxygen atoms in total. The second kappa shape index (κ2) is 4.24. The third-order valence-corrected chi connectivity index (χ3v) is 4.13. The first-order chi connectivity index (χ1) is 10.9. The van der Waals surface area contributed by atoms with E-state index in [1.807, 2.05) is 42.5 Å². The van der Waals surface area contributed by atoms with Crippen LogP contribution in [0.3, 0.4) is 0 Å². The van der Waals surface area contributed by atoms with Gasteiger partial charge in [-0.3, -0.25) is 4.57 Å². The molecule has 2 aromatic carbocycles. The van der Waals surface area contributed by atoms with Crippen LogP contribution in [-0.2, 0) is 0 Å². The van der Waals surface area contributed by atoms with Crippen LogP contribution in [0.25, 0.3) is 22.4 Å². The third kappa shape index (κ3) is 1.49. The van der Waals surface area contributed by atoms with Crippen molar-refractivity contribution in [1.82, 2.24) is 9.55 Å². The monoisotopic (exact) mass is 287 g/mol. The van der Waals surface area contributed by atoms with Gasteiger partial charge < -0.3 is 9.73 Å². The summed E-state index contributed by atoms with van der Waals surface area (Å²) in [5.74, 6) is 1.84. The molecule has 3 heterocycles. The summed E-state index contributed by atoms with van der Waals surface area (Å²) in [6.07, 6.45) is 1.61. The number of anilines is 1. The lowest BCUT2D eigenvalue weighted by Gasteiger charge is -2.28. The van der Waals surface area contributed by atoms with E-state index in [9.17, 15) is 0 Å². The molecule has 106 valence electrons. The van der Waals surface area contributed by atoms with Crippen LogP contribution in [0.2, 0.25) is 0 Å². The zero-order valence-electron chi connectivity index (χ0n) is 11.7. The standard InChI is InChI=1S/C18H13N3O/c1-2-7-13-12(6-1)17-20-14-8-3-4-9-15(14)21(17)18(19-13)16-10-5-11-22-16/h1-11,18-19H/t18-/m1/s1. The van der Waals surface area contributed by atoms with E-state index >= 15 is 0 Å². The number of benzene rings is 2. The van der Waals surface area contributed by atoms with Crippen LogP contribution in [-0.4, -0.2) is 9.55 Å². The molecule has 1 atom stereocenters. The van der Waals surface area contributed by atoms with Gasteiger partial charge in [-0.25, -0.2) is 4.98 Å². The molecule has 2 aromatic heterocycles. The fraction of sp³-hybridized carbons (Fsp3) is 0.0556. The van der Waals surface area contributed by atoms with Gasteiger partial charge in [0, 0.05) is 11.3 Å². The van der Waals surface area contributed by atoms with Crippen LogP contribution < -0.4 is 5.32 Å². The van der Waals surface area contributed by atoms with Gasteiger partial charge in [0.1, 0.15) is 11.6 Å². The summed E-state index contributed by atoms with van der Waals surface area (Å²) in [4.78, 5) is 4.84. The Kier molecular flexibility index (Phi) is 2.24. The number of hydrogen-bond acceptors (Lipinski definition) is 3. The zero-order chi connectivity index (χ0) is 14.5. The molecule has 4 heteroatoms. The van der Waals surface area contributed by atoms with Crippen LogP contribution in [0, 0.1) is 0 Å². The second-order valence-electron chi connectivity index (χ2n) is 5.40. The SMILES string of the molecule is c1coc([C@@H]2Nc3ccccc3-c3nc4ccccc4n32)c1. The van der Waals surface area contributed by atoms with Crippen molar-refractivity contribution in [3.63, 3.8) is 0 Å². The van der Waals surface area contributed by atoms with Crippen LogP contribution in [0.5, 0.6) is 0 Å². The van der Waals surface area contributed by atoms with Gasteiger partial charge in [-0.1, -0.05) is 24.3 Å². The number of hydrogen-bond donors (Lipinski definition) is 1. The van der Waals surface area contributed by atoms with Gasteiger partial charge in [0.25, 0.3) is 0 Å². The van der Waals surface area contributed by atoms with Crippen molar-refractivity contribution in [1.29, 1.82) is 0 Å². The van der Waals surface area contributed by atoms with Crippen molar-refractivity contribution in [3.8, 4) is 11.4 Å². The average molecular weight is 287 g/mol. The first-order valence-corrected chi connectivity index (χ1v) is 7.28. The van der Waals surface area contributed by atoms with Crippen LogP contribution in [0.15, 0.2) is 71.3 Å². The Hall–Kier alpha value is -3.01. The molecule has 0 saturated heterocycles. The minimum atomic E-state index is -0.0905. The first-order valence-electron chi connectivity index (χ1n) is 7.28. The fourth-order valence-corrected chi connectivity index (χ4v) is 3.16. The van der Waals surface area contributed by atoms with Crippen molar-refractivity contribution >= 4 is 16.7 Å². The Bertz CT molecular complexity index is 969. The molecule has 0 radical (unpaired) electrons. The first kappa shape index (κ1) is 11.6. The number of para-hydroxylation sites is 3. The molecule has 0 amide bonds. The Morgan fingerprint density at radius 3 is 2.73 bits per heavy atom. The van der Waals surface area contributed by atoms with Crippen LogP contribution >= 0.6 is 0 Å². The molecule has 0 unspecified atom stereocenters. The second-order valence-corrected chi connectivity index (χ2v) is 5.40. The van der Waals surface area contributed by atoms with E-state index in [1.54, 1.807) is 6.26 Å². The van der Waals surface area contributed by atoms with Crippen molar-refractivity contribution in [2.45, 2.75) is 6.17 Å². The van der Waals surface area contributed by atoms with E-state index in [1.165, 1.54) is 0 Å². The van der Waals surface area contributed by atoms with Gasteiger partial charge in [0.05, 0.1) is 17.3 Å². The third-order valence-electron chi connectivity index (χ3n) is 4.13. The molecule has 0 spiro atoms. The van der Waals surface area contributed by atoms with E-state index in [2.05, 4.69) is 28.1 Å². The summed E-state index contributed by atoms with van der Waals surface area (Å²) in [7, 11) is 0. The number of nitrogens with zero attached hydrogens (tertiary/aromatic N) is 2. The van der Waals surface area contributed by atoms with Crippen molar-refractivity contribution in [2.24, 2.45) is 0 Å². The highest BCUT2D eigenvalue weighted by molar-refractivity contribution is 5.86. The maximum Gasteiger partial charge on any atom is 0.165 e. The van der Waals surface area contributed by atoms with Gasteiger partial charge in [0.2, 0.25) is 0 Å². The Morgan fingerprint density at radius 1 is 0.955 bits per heavy atom. The Morgan fingerprint density at radius 2 is 1.82 bits per heavy atom. The number of aromatic nitrogens is 2. The van der Waals surface area contributed by atoms with Crippen molar-refractivity contribution < 1.29 is 4.42 Å². The minimum Gasteiger partial charge on any atom is -0.465 e. The van der Waals surface area contributed by atoms with E-state index < -0.39 is 0 Å². The van der Waals surface area contributed by atoms with Crippen molar-refractivity contribution in [3.05, 3.63) is 72.7 Å². The molecular formula is C18H13N3O. The summed E-state index contributed by atoms with van der Waals surface area (Å²) >= 11 is 0. The molecule has 22 heavy (non-hydrogen) atoms. The van der Waals surface area contributed by atoms with Gasteiger partial charge in [-0.15, -0.1) is 0 Å². The molecule has 1 N–H and O–H groups in total. The highest BCUT2D eigenvalue weighted by Gasteiger charge is 2.29. The summed E-state index contributed by atoms with van der Waals surface area (Å²) in [6, 6.07) is 20.3. The topological polar surface area (TPSA) is 43.0 Å². The molecule has 5 rings (SSSR count). The predicted molar refractivity (Wildman–Crippen MR) is 85.6 cm³/mol. The molecule has 1 aliphatic rings. The van der Waals surface area contributed by atoms with E-state index in [4.69, 9.17) is 9.40 Å². The number of nitrogens with one attached hydrogen (secondary N) is 1. The molecule has 0 fully saturated rings. The van der Waals surface area contributed by atoms with Crippen LogP contribution in [0.1, 0.15) is 11.9 Å². The molecular weight excluding hydrogens is 274 g/mol. The predicted octanol–water partition coefficient (Wildman–Crippen LogP) is 4.27. The van der Waals surface area contributed by atoms with Gasteiger partial charge in [-0.2, -0.15) is 0 Å². The van der Waals surface area contributed by atoms with Crippen LogP contribution in [0.4, 0.5) is 5.69 Å².